The average Bonchev–Trinajstić information content (AvgIpc) is 2.96. The second-order valence-electron chi connectivity index (χ2n) is 6.97. The normalized spacial score (nSPS) is 16.3. The van der Waals surface area contributed by atoms with Gasteiger partial charge in [-0.05, 0) is 36.5 Å². The van der Waals surface area contributed by atoms with Gasteiger partial charge in [-0.1, -0.05) is 32.4 Å². The van der Waals surface area contributed by atoms with Gasteiger partial charge in [0.25, 0.3) is 5.91 Å². The number of aromatic hydroxyl groups is 1. The number of amides is 2. The third-order valence-electron chi connectivity index (χ3n) is 4.00. The third kappa shape index (κ3) is 4.16. The van der Waals surface area contributed by atoms with Gasteiger partial charge in [-0.3, -0.25) is 9.59 Å². The van der Waals surface area contributed by atoms with Gasteiger partial charge in [0.05, 0.1) is 10.6 Å². The molecule has 0 spiro atoms. The Bertz CT molecular complexity index is 604. The zero-order chi connectivity index (χ0) is 17.2. The van der Waals surface area contributed by atoms with E-state index in [0.717, 1.165) is 25.9 Å². The first kappa shape index (κ1) is 17.6. The van der Waals surface area contributed by atoms with E-state index < -0.39 is 17.4 Å². The zero-order valence-electron chi connectivity index (χ0n) is 13.7. The number of carbonyl (C=O) groups is 2. The second-order valence-corrected chi connectivity index (χ2v) is 7.38. The van der Waals surface area contributed by atoms with Crippen LogP contribution in [0.3, 0.4) is 0 Å². The highest BCUT2D eigenvalue weighted by molar-refractivity contribution is 6.34. The summed E-state index contributed by atoms with van der Waals surface area (Å²) in [4.78, 5) is 27.0. The van der Waals surface area contributed by atoms with Crippen LogP contribution in [0.15, 0.2) is 18.2 Å². The highest BCUT2D eigenvalue weighted by Crippen LogP contribution is 2.25. The molecule has 23 heavy (non-hydrogen) atoms. The van der Waals surface area contributed by atoms with Crippen molar-refractivity contribution in [2.75, 3.05) is 13.1 Å². The van der Waals surface area contributed by atoms with E-state index in [2.05, 4.69) is 5.32 Å². The largest absolute Gasteiger partial charge is 0.508 e. The Kier molecular flexibility index (Phi) is 5.19. The van der Waals surface area contributed by atoms with Gasteiger partial charge in [-0.25, -0.2) is 0 Å². The highest BCUT2D eigenvalue weighted by atomic mass is 35.5. The SMILES string of the molecule is CC(C)(C)[C@H](NC(=O)c1ccc(O)cc1Cl)C(=O)N1CCCC1. The molecule has 0 saturated carbocycles. The van der Waals surface area contributed by atoms with Gasteiger partial charge in [0.15, 0.2) is 0 Å². The van der Waals surface area contributed by atoms with Crippen molar-refractivity contribution < 1.29 is 14.7 Å². The van der Waals surface area contributed by atoms with Gasteiger partial charge < -0.3 is 15.3 Å². The van der Waals surface area contributed by atoms with Crippen LogP contribution in [0.25, 0.3) is 0 Å². The van der Waals surface area contributed by atoms with Crippen LogP contribution < -0.4 is 5.32 Å². The van der Waals surface area contributed by atoms with Crippen molar-refractivity contribution in [2.24, 2.45) is 5.41 Å². The molecule has 0 unspecified atom stereocenters. The van der Waals surface area contributed by atoms with Crippen LogP contribution in [0.4, 0.5) is 0 Å². The predicted octanol–water partition coefficient (Wildman–Crippen LogP) is 2.81. The van der Waals surface area contributed by atoms with Crippen LogP contribution in [0, 0.1) is 5.41 Å². The second kappa shape index (κ2) is 6.79. The number of benzene rings is 1. The summed E-state index contributed by atoms with van der Waals surface area (Å²) in [7, 11) is 0. The van der Waals surface area contributed by atoms with E-state index in [4.69, 9.17) is 11.6 Å². The molecule has 1 aromatic carbocycles. The fourth-order valence-corrected chi connectivity index (χ4v) is 2.93. The molecule has 1 heterocycles. The Hall–Kier alpha value is -1.75. The minimum atomic E-state index is -0.627. The quantitative estimate of drug-likeness (QED) is 0.890. The molecule has 1 saturated heterocycles. The summed E-state index contributed by atoms with van der Waals surface area (Å²) in [6.45, 7) is 7.24. The Morgan fingerprint density at radius 3 is 2.39 bits per heavy atom. The number of hydrogen-bond acceptors (Lipinski definition) is 3. The van der Waals surface area contributed by atoms with Crippen LogP contribution >= 0.6 is 11.6 Å². The summed E-state index contributed by atoms with van der Waals surface area (Å²) in [6, 6.07) is 3.53. The van der Waals surface area contributed by atoms with E-state index >= 15 is 0 Å². The molecular formula is C17H23ClN2O3. The Labute approximate surface area is 141 Å². The summed E-state index contributed by atoms with van der Waals surface area (Å²) < 4.78 is 0. The van der Waals surface area contributed by atoms with Crippen LogP contribution in [0.1, 0.15) is 44.0 Å². The van der Waals surface area contributed by atoms with Crippen molar-refractivity contribution in [1.29, 1.82) is 0 Å². The Morgan fingerprint density at radius 1 is 1.26 bits per heavy atom. The number of hydrogen-bond donors (Lipinski definition) is 2. The summed E-state index contributed by atoms with van der Waals surface area (Å²) in [6.07, 6.45) is 2.00. The minimum absolute atomic E-state index is 0.00735. The van der Waals surface area contributed by atoms with E-state index in [1.165, 1.54) is 18.2 Å². The van der Waals surface area contributed by atoms with Crippen molar-refractivity contribution >= 4 is 23.4 Å². The van der Waals surface area contributed by atoms with E-state index in [-0.39, 0.29) is 22.2 Å². The fourth-order valence-electron chi connectivity index (χ4n) is 2.67. The zero-order valence-corrected chi connectivity index (χ0v) is 14.5. The summed E-state index contributed by atoms with van der Waals surface area (Å²) in [5.41, 5.74) is -0.174. The number of likely N-dealkylation sites (tertiary alicyclic amines) is 1. The lowest BCUT2D eigenvalue weighted by Gasteiger charge is -2.33. The highest BCUT2D eigenvalue weighted by Gasteiger charge is 2.36. The molecule has 0 aliphatic carbocycles. The standard InChI is InChI=1S/C17H23ClN2O3/c1-17(2,3)14(16(23)20-8-4-5-9-20)19-15(22)12-7-6-11(21)10-13(12)18/h6-7,10,14,21H,4-5,8-9H2,1-3H3,(H,19,22)/t14-/m1/s1. The number of rotatable bonds is 3. The lowest BCUT2D eigenvalue weighted by Crippen LogP contribution is -2.54. The topological polar surface area (TPSA) is 69.6 Å². The molecule has 2 rings (SSSR count). The number of phenols is 1. The van der Waals surface area contributed by atoms with Gasteiger partial charge >= 0.3 is 0 Å². The average molecular weight is 339 g/mol. The fraction of sp³-hybridized carbons (Fsp3) is 0.529. The van der Waals surface area contributed by atoms with Crippen LogP contribution in [-0.4, -0.2) is 41.0 Å². The third-order valence-corrected chi connectivity index (χ3v) is 4.32. The first-order chi connectivity index (χ1) is 10.7. The van der Waals surface area contributed by atoms with Crippen LogP contribution in [0.5, 0.6) is 5.75 Å². The lowest BCUT2D eigenvalue weighted by molar-refractivity contribution is -0.134. The number of nitrogens with one attached hydrogen (secondary N) is 1. The molecule has 5 nitrogen and oxygen atoms in total. The summed E-state index contributed by atoms with van der Waals surface area (Å²) >= 11 is 6.01. The smallest absolute Gasteiger partial charge is 0.253 e. The molecule has 1 fully saturated rings. The summed E-state index contributed by atoms with van der Waals surface area (Å²) in [5, 5.41) is 12.4. The maximum Gasteiger partial charge on any atom is 0.253 e. The van der Waals surface area contributed by atoms with E-state index in [9.17, 15) is 14.7 Å². The van der Waals surface area contributed by atoms with Crippen LogP contribution in [0.2, 0.25) is 5.02 Å². The van der Waals surface area contributed by atoms with Gasteiger partial charge in [-0.15, -0.1) is 0 Å². The maximum atomic E-state index is 12.7. The number of nitrogens with zero attached hydrogens (tertiary/aromatic N) is 1. The molecule has 2 N–H and O–H groups in total. The molecule has 2 amide bonds. The van der Waals surface area contributed by atoms with Crippen molar-refractivity contribution in [2.45, 2.75) is 39.7 Å². The van der Waals surface area contributed by atoms with Gasteiger partial charge in [0.1, 0.15) is 11.8 Å². The lowest BCUT2D eigenvalue weighted by atomic mass is 9.85. The molecule has 1 aromatic rings. The van der Waals surface area contributed by atoms with Crippen molar-refractivity contribution in [3.05, 3.63) is 28.8 Å². The predicted molar refractivity (Wildman–Crippen MR) is 89.6 cm³/mol. The molecule has 0 bridgehead atoms. The van der Waals surface area contributed by atoms with Crippen molar-refractivity contribution in [3.63, 3.8) is 0 Å². The molecule has 0 aromatic heterocycles. The Balaban J connectivity index is 2.20. The molecule has 1 aliphatic heterocycles. The maximum absolute atomic E-state index is 12.7. The number of phenolic OH excluding ortho intramolecular Hbond substituents is 1. The van der Waals surface area contributed by atoms with E-state index in [1.807, 2.05) is 20.8 Å². The van der Waals surface area contributed by atoms with Gasteiger partial charge in [0.2, 0.25) is 5.91 Å². The molecule has 126 valence electrons. The van der Waals surface area contributed by atoms with E-state index in [1.54, 1.807) is 4.90 Å². The number of carbonyl (C=O) groups excluding carboxylic acids is 2. The Morgan fingerprint density at radius 2 is 1.87 bits per heavy atom. The van der Waals surface area contributed by atoms with Gasteiger partial charge in [0, 0.05) is 13.1 Å². The molecular weight excluding hydrogens is 316 g/mol. The summed E-state index contributed by atoms with van der Waals surface area (Å²) in [5.74, 6) is -0.479. The monoisotopic (exact) mass is 338 g/mol. The molecule has 1 aliphatic rings. The van der Waals surface area contributed by atoms with Crippen molar-refractivity contribution in [3.8, 4) is 5.75 Å². The van der Waals surface area contributed by atoms with Crippen LogP contribution in [-0.2, 0) is 4.79 Å². The van der Waals surface area contributed by atoms with E-state index in [0.29, 0.717) is 0 Å². The number of halogens is 1. The minimum Gasteiger partial charge on any atom is -0.508 e. The first-order valence-electron chi connectivity index (χ1n) is 7.78. The van der Waals surface area contributed by atoms with Gasteiger partial charge in [-0.2, -0.15) is 0 Å². The first-order valence-corrected chi connectivity index (χ1v) is 8.16. The molecule has 0 radical (unpaired) electrons. The molecule has 1 atom stereocenters. The van der Waals surface area contributed by atoms with Crippen molar-refractivity contribution in [1.82, 2.24) is 10.2 Å². The molecule has 6 heteroatoms.